The standard InChI is InChI=1S/C25H33N7O/c1-31-12-14-32(15-13-31)19-8-6-18(7-9-19)28-24-23-17(10-11-27-25(23)33)16-22(30-24)29-21-5-3-2-4-20(21)26/h6-11,16,20-21H,2-5,12-15,26H2,1H3,(H,27,33)(H2,28,29,30)/t20-,21?/m0/s1. The molecule has 0 amide bonds. The Balaban J connectivity index is 1.41. The number of pyridine rings is 2. The summed E-state index contributed by atoms with van der Waals surface area (Å²) in [6.45, 7) is 4.20. The Kier molecular flexibility index (Phi) is 6.20. The predicted octanol–water partition coefficient (Wildman–Crippen LogP) is 3.10. The summed E-state index contributed by atoms with van der Waals surface area (Å²) < 4.78 is 0. The second-order valence-electron chi connectivity index (χ2n) is 9.29. The number of fused-ring (bicyclic) bond motifs is 1. The normalized spacial score (nSPS) is 21.8. The molecule has 8 nitrogen and oxygen atoms in total. The molecule has 0 bridgehead atoms. The minimum Gasteiger partial charge on any atom is -0.369 e. The highest BCUT2D eigenvalue weighted by atomic mass is 16.1. The molecule has 2 atom stereocenters. The lowest BCUT2D eigenvalue weighted by atomic mass is 9.91. The summed E-state index contributed by atoms with van der Waals surface area (Å²) in [7, 11) is 2.16. The van der Waals surface area contributed by atoms with Gasteiger partial charge >= 0.3 is 0 Å². The van der Waals surface area contributed by atoms with Gasteiger partial charge in [0, 0.05) is 55.8 Å². The van der Waals surface area contributed by atoms with Crippen molar-refractivity contribution in [2.75, 3.05) is 48.8 Å². The lowest BCUT2D eigenvalue weighted by molar-refractivity contribution is 0.313. The Morgan fingerprint density at radius 1 is 1.06 bits per heavy atom. The topological polar surface area (TPSA) is 102 Å². The molecule has 3 aromatic rings. The second-order valence-corrected chi connectivity index (χ2v) is 9.29. The first kappa shape index (κ1) is 21.7. The number of nitrogens with two attached hydrogens (primary N) is 1. The fraction of sp³-hybridized carbons (Fsp3) is 0.440. The van der Waals surface area contributed by atoms with E-state index >= 15 is 0 Å². The van der Waals surface area contributed by atoms with Gasteiger partial charge in [0.1, 0.15) is 11.6 Å². The van der Waals surface area contributed by atoms with Gasteiger partial charge in [-0.3, -0.25) is 4.79 Å². The second kappa shape index (κ2) is 9.41. The molecule has 5 rings (SSSR count). The smallest absolute Gasteiger partial charge is 0.259 e. The van der Waals surface area contributed by atoms with Gasteiger partial charge in [0.15, 0.2) is 0 Å². The first-order valence-corrected chi connectivity index (χ1v) is 11.9. The molecule has 1 aliphatic carbocycles. The maximum Gasteiger partial charge on any atom is 0.259 e. The van der Waals surface area contributed by atoms with Crippen molar-refractivity contribution in [2.45, 2.75) is 37.8 Å². The Bertz CT molecular complexity index is 1150. The van der Waals surface area contributed by atoms with E-state index in [0.29, 0.717) is 11.2 Å². The van der Waals surface area contributed by atoms with Gasteiger partial charge in [-0.1, -0.05) is 12.8 Å². The summed E-state index contributed by atoms with van der Waals surface area (Å²) in [4.78, 5) is 25.0. The molecule has 1 aliphatic heterocycles. The molecule has 2 fully saturated rings. The van der Waals surface area contributed by atoms with Crippen molar-refractivity contribution in [1.29, 1.82) is 0 Å². The minimum atomic E-state index is -0.155. The summed E-state index contributed by atoms with van der Waals surface area (Å²) in [5.41, 5.74) is 8.30. The average Bonchev–Trinajstić information content (AvgIpc) is 2.82. The third-order valence-corrected chi connectivity index (χ3v) is 6.91. The lowest BCUT2D eigenvalue weighted by Gasteiger charge is -2.34. The molecule has 5 N–H and O–H groups in total. The van der Waals surface area contributed by atoms with Crippen LogP contribution in [0.25, 0.3) is 10.8 Å². The van der Waals surface area contributed by atoms with Gasteiger partial charge in [-0.2, -0.15) is 0 Å². The van der Waals surface area contributed by atoms with Gasteiger partial charge in [-0.25, -0.2) is 4.98 Å². The molecule has 8 heteroatoms. The van der Waals surface area contributed by atoms with E-state index in [1.54, 1.807) is 6.20 Å². The summed E-state index contributed by atoms with van der Waals surface area (Å²) >= 11 is 0. The van der Waals surface area contributed by atoms with Crippen LogP contribution in [0.1, 0.15) is 25.7 Å². The number of piperazine rings is 1. The number of H-pyrrole nitrogens is 1. The SMILES string of the molecule is CN1CCN(c2ccc(Nc3nc(NC4CCCC[C@@H]4N)cc4cc[nH]c(=O)c34)cc2)CC1. The third kappa shape index (κ3) is 4.82. The van der Waals surface area contributed by atoms with Crippen molar-refractivity contribution >= 4 is 33.8 Å². The van der Waals surface area contributed by atoms with Crippen LogP contribution in [0, 0.1) is 0 Å². The monoisotopic (exact) mass is 447 g/mol. The summed E-state index contributed by atoms with van der Waals surface area (Å²) in [5, 5.41) is 8.31. The van der Waals surface area contributed by atoms with Crippen molar-refractivity contribution in [1.82, 2.24) is 14.9 Å². The van der Waals surface area contributed by atoms with E-state index in [1.165, 1.54) is 18.5 Å². The van der Waals surface area contributed by atoms with E-state index in [1.807, 2.05) is 12.1 Å². The van der Waals surface area contributed by atoms with Gasteiger partial charge in [0.2, 0.25) is 0 Å². The van der Waals surface area contributed by atoms with Crippen molar-refractivity contribution in [3.05, 3.63) is 52.9 Å². The number of benzene rings is 1. The number of likely N-dealkylation sites (N-methyl/N-ethyl adjacent to an activating group) is 1. The van der Waals surface area contributed by atoms with E-state index in [-0.39, 0.29) is 17.6 Å². The zero-order valence-electron chi connectivity index (χ0n) is 19.2. The molecule has 0 radical (unpaired) electrons. The quantitative estimate of drug-likeness (QED) is 0.477. The highest BCUT2D eigenvalue weighted by Gasteiger charge is 2.22. The molecule has 3 heterocycles. The van der Waals surface area contributed by atoms with Crippen molar-refractivity contribution < 1.29 is 0 Å². The number of hydrogen-bond acceptors (Lipinski definition) is 7. The number of nitrogens with one attached hydrogen (secondary N) is 3. The Morgan fingerprint density at radius 3 is 2.58 bits per heavy atom. The first-order chi connectivity index (χ1) is 16.1. The van der Waals surface area contributed by atoms with Gasteiger partial charge in [-0.05, 0) is 61.7 Å². The van der Waals surface area contributed by atoms with Crippen molar-refractivity contribution in [3.8, 4) is 0 Å². The highest BCUT2D eigenvalue weighted by molar-refractivity contribution is 5.94. The molecule has 33 heavy (non-hydrogen) atoms. The van der Waals surface area contributed by atoms with Crippen LogP contribution >= 0.6 is 0 Å². The van der Waals surface area contributed by atoms with Crippen LogP contribution < -0.4 is 26.8 Å². The number of anilines is 4. The number of nitrogens with zero attached hydrogens (tertiary/aromatic N) is 3. The summed E-state index contributed by atoms with van der Waals surface area (Å²) in [6.07, 6.45) is 6.08. The van der Waals surface area contributed by atoms with Gasteiger partial charge in [0.25, 0.3) is 5.56 Å². The van der Waals surface area contributed by atoms with E-state index in [2.05, 4.69) is 56.7 Å². The molecule has 2 aromatic heterocycles. The Labute approximate surface area is 194 Å². The van der Waals surface area contributed by atoms with Crippen LogP contribution in [0.2, 0.25) is 0 Å². The largest absolute Gasteiger partial charge is 0.369 e. The van der Waals surface area contributed by atoms with Gasteiger partial charge in [0.05, 0.1) is 5.39 Å². The molecule has 1 saturated heterocycles. The van der Waals surface area contributed by atoms with Crippen LogP contribution in [0.15, 0.2) is 47.4 Å². The van der Waals surface area contributed by atoms with Crippen LogP contribution in [-0.2, 0) is 0 Å². The maximum atomic E-state index is 12.6. The predicted molar refractivity (Wildman–Crippen MR) is 136 cm³/mol. The molecule has 1 aromatic carbocycles. The van der Waals surface area contributed by atoms with Crippen molar-refractivity contribution in [3.63, 3.8) is 0 Å². The molecule has 1 unspecified atom stereocenters. The fourth-order valence-corrected chi connectivity index (χ4v) is 4.86. The molecular weight excluding hydrogens is 414 g/mol. The Morgan fingerprint density at radius 2 is 1.82 bits per heavy atom. The molecular formula is C25H33N7O. The maximum absolute atomic E-state index is 12.6. The van der Waals surface area contributed by atoms with E-state index < -0.39 is 0 Å². The lowest BCUT2D eigenvalue weighted by Crippen LogP contribution is -2.44. The number of aromatic nitrogens is 2. The van der Waals surface area contributed by atoms with Gasteiger partial charge in [-0.15, -0.1) is 0 Å². The molecule has 2 aliphatic rings. The molecule has 1 saturated carbocycles. The number of hydrogen-bond donors (Lipinski definition) is 4. The molecule has 174 valence electrons. The van der Waals surface area contributed by atoms with E-state index in [9.17, 15) is 4.79 Å². The summed E-state index contributed by atoms with van der Waals surface area (Å²) in [5.74, 6) is 1.29. The zero-order chi connectivity index (χ0) is 22.8. The van der Waals surface area contributed by atoms with E-state index in [4.69, 9.17) is 10.7 Å². The van der Waals surface area contributed by atoms with Crippen LogP contribution in [-0.4, -0.2) is 60.2 Å². The summed E-state index contributed by atoms with van der Waals surface area (Å²) in [6, 6.07) is 12.5. The fourth-order valence-electron chi connectivity index (χ4n) is 4.86. The average molecular weight is 448 g/mol. The van der Waals surface area contributed by atoms with Crippen LogP contribution in [0.3, 0.4) is 0 Å². The zero-order valence-corrected chi connectivity index (χ0v) is 19.2. The first-order valence-electron chi connectivity index (χ1n) is 11.9. The minimum absolute atomic E-state index is 0.119. The number of aromatic amines is 1. The highest BCUT2D eigenvalue weighted by Crippen LogP contribution is 2.28. The van der Waals surface area contributed by atoms with Gasteiger partial charge < -0.3 is 31.2 Å². The van der Waals surface area contributed by atoms with Crippen LogP contribution in [0.5, 0.6) is 0 Å². The Hall–Kier alpha value is -3.10. The molecule has 0 spiro atoms. The van der Waals surface area contributed by atoms with E-state index in [0.717, 1.165) is 55.9 Å². The third-order valence-electron chi connectivity index (χ3n) is 6.91. The van der Waals surface area contributed by atoms with Crippen LogP contribution in [0.4, 0.5) is 23.0 Å². The number of rotatable bonds is 5. The van der Waals surface area contributed by atoms with Crippen molar-refractivity contribution in [2.24, 2.45) is 5.73 Å².